The van der Waals surface area contributed by atoms with Crippen molar-refractivity contribution in [3.05, 3.63) is 57.6 Å². The fraction of sp³-hybridized carbons (Fsp3) is 0.222. The molecule has 0 heterocycles. The molecule has 0 aliphatic heterocycles. The maximum absolute atomic E-state index is 12.5. The molecule has 0 saturated carbocycles. The third-order valence-electron chi connectivity index (χ3n) is 3.82. The molecule has 1 amide bonds. The highest BCUT2D eigenvalue weighted by atomic mass is 32.2. The molecule has 10 nitrogen and oxygen atoms in total. The van der Waals surface area contributed by atoms with Crippen LogP contribution < -0.4 is 10.1 Å². The van der Waals surface area contributed by atoms with Gasteiger partial charge in [0.25, 0.3) is 11.6 Å². The largest absolute Gasteiger partial charge is 0.482 e. The van der Waals surface area contributed by atoms with E-state index in [2.05, 4.69) is 10.1 Å². The summed E-state index contributed by atoms with van der Waals surface area (Å²) in [6, 6.07) is 7.57. The zero-order valence-electron chi connectivity index (χ0n) is 15.8. The first-order valence-corrected chi connectivity index (χ1v) is 10.0. The number of hydrogen-bond donors (Lipinski definition) is 1. The van der Waals surface area contributed by atoms with Gasteiger partial charge < -0.3 is 14.8 Å². The summed E-state index contributed by atoms with van der Waals surface area (Å²) >= 11 is 0. The predicted molar refractivity (Wildman–Crippen MR) is 103 cm³/mol. The molecule has 2 aromatic rings. The van der Waals surface area contributed by atoms with E-state index in [0.717, 1.165) is 24.5 Å². The highest BCUT2D eigenvalue weighted by Gasteiger charge is 2.19. The van der Waals surface area contributed by atoms with Gasteiger partial charge >= 0.3 is 5.97 Å². The summed E-state index contributed by atoms with van der Waals surface area (Å²) in [7, 11) is -2.52. The topological polar surface area (TPSA) is 142 Å². The number of esters is 1. The van der Waals surface area contributed by atoms with Gasteiger partial charge in [-0.05, 0) is 36.8 Å². The number of hydrogen-bond acceptors (Lipinski definition) is 8. The lowest BCUT2D eigenvalue weighted by molar-refractivity contribution is -0.385. The molecular formula is C18H18N2O8S. The van der Waals surface area contributed by atoms with Gasteiger partial charge in [-0.3, -0.25) is 14.9 Å². The van der Waals surface area contributed by atoms with Gasteiger partial charge in [-0.25, -0.2) is 13.2 Å². The SMILES string of the molecule is COC(=O)COc1ccc(NC(=O)c2cc([N+](=O)[O-])cc(S(C)(=O)=O)c2)c(C)c1. The van der Waals surface area contributed by atoms with Crippen molar-refractivity contribution < 1.29 is 32.4 Å². The summed E-state index contributed by atoms with van der Waals surface area (Å²) in [4.78, 5) is 33.6. The second-order valence-electron chi connectivity index (χ2n) is 6.04. The Morgan fingerprint density at radius 1 is 1.17 bits per heavy atom. The Hall–Kier alpha value is -3.47. The minimum atomic E-state index is -3.76. The second-order valence-corrected chi connectivity index (χ2v) is 8.06. The number of nitrogens with one attached hydrogen (secondary N) is 1. The van der Waals surface area contributed by atoms with Crippen LogP contribution in [-0.2, 0) is 19.4 Å². The average Bonchev–Trinajstić information content (AvgIpc) is 2.66. The maximum Gasteiger partial charge on any atom is 0.343 e. The van der Waals surface area contributed by atoms with E-state index in [9.17, 15) is 28.1 Å². The van der Waals surface area contributed by atoms with Gasteiger partial charge in [-0.1, -0.05) is 0 Å². The number of nitro groups is 1. The molecule has 0 aliphatic carbocycles. The maximum atomic E-state index is 12.5. The lowest BCUT2D eigenvalue weighted by Gasteiger charge is -2.11. The number of sulfone groups is 1. The van der Waals surface area contributed by atoms with E-state index >= 15 is 0 Å². The van der Waals surface area contributed by atoms with Gasteiger partial charge in [0.15, 0.2) is 16.4 Å². The first kappa shape index (κ1) is 21.8. The Morgan fingerprint density at radius 3 is 2.41 bits per heavy atom. The highest BCUT2D eigenvalue weighted by molar-refractivity contribution is 7.90. The van der Waals surface area contributed by atoms with Gasteiger partial charge in [0.2, 0.25) is 0 Å². The van der Waals surface area contributed by atoms with Gasteiger partial charge in [-0.15, -0.1) is 0 Å². The molecule has 2 aromatic carbocycles. The fourth-order valence-electron chi connectivity index (χ4n) is 2.30. The third-order valence-corrected chi connectivity index (χ3v) is 4.91. The minimum Gasteiger partial charge on any atom is -0.482 e. The highest BCUT2D eigenvalue weighted by Crippen LogP contribution is 2.24. The number of carbonyl (C=O) groups excluding carboxylic acids is 2. The smallest absolute Gasteiger partial charge is 0.343 e. The van der Waals surface area contributed by atoms with Crippen molar-refractivity contribution in [1.82, 2.24) is 0 Å². The quantitative estimate of drug-likeness (QED) is 0.406. The summed E-state index contributed by atoms with van der Waals surface area (Å²) in [5.41, 5.74) is 0.286. The van der Waals surface area contributed by atoms with Crippen LogP contribution in [-0.4, -0.2) is 45.2 Å². The number of carbonyl (C=O) groups is 2. The van der Waals surface area contributed by atoms with Crippen LogP contribution in [0.3, 0.4) is 0 Å². The van der Waals surface area contributed by atoms with Crippen LogP contribution in [0.5, 0.6) is 5.75 Å². The van der Waals surface area contributed by atoms with Crippen LogP contribution in [0.15, 0.2) is 41.3 Å². The minimum absolute atomic E-state index is 0.176. The van der Waals surface area contributed by atoms with Gasteiger partial charge in [0.1, 0.15) is 5.75 Å². The molecule has 0 radical (unpaired) electrons. The number of amides is 1. The third kappa shape index (κ3) is 5.75. The number of methoxy groups -OCH3 is 1. The summed E-state index contributed by atoms with van der Waals surface area (Å²) in [6.45, 7) is 1.40. The molecule has 0 fully saturated rings. The Kier molecular flexibility index (Phi) is 6.54. The number of ether oxygens (including phenoxy) is 2. The van der Waals surface area contributed by atoms with E-state index in [1.807, 2.05) is 0 Å². The van der Waals surface area contributed by atoms with E-state index in [0.29, 0.717) is 17.0 Å². The van der Waals surface area contributed by atoms with E-state index in [4.69, 9.17) is 4.74 Å². The molecule has 2 rings (SSSR count). The molecule has 0 aromatic heterocycles. The lowest BCUT2D eigenvalue weighted by Crippen LogP contribution is -2.15. The van der Waals surface area contributed by atoms with E-state index in [-0.39, 0.29) is 17.1 Å². The summed E-state index contributed by atoms with van der Waals surface area (Å²) < 4.78 is 33.3. The Morgan fingerprint density at radius 2 is 1.86 bits per heavy atom. The van der Waals surface area contributed by atoms with Crippen molar-refractivity contribution in [2.45, 2.75) is 11.8 Å². The number of nitrogens with zero attached hydrogens (tertiary/aromatic N) is 1. The average molecular weight is 422 g/mol. The van der Waals surface area contributed by atoms with Crippen molar-refractivity contribution >= 4 is 33.1 Å². The monoisotopic (exact) mass is 422 g/mol. The fourth-order valence-corrected chi connectivity index (χ4v) is 2.97. The number of anilines is 1. The molecule has 0 spiro atoms. The van der Waals surface area contributed by atoms with Crippen LogP contribution in [0.25, 0.3) is 0 Å². The zero-order chi connectivity index (χ0) is 21.8. The molecule has 0 saturated heterocycles. The van der Waals surface area contributed by atoms with Gasteiger partial charge in [0, 0.05) is 29.6 Å². The van der Waals surface area contributed by atoms with Crippen molar-refractivity contribution in [3.8, 4) is 5.75 Å². The second kappa shape index (κ2) is 8.69. The Balaban J connectivity index is 2.27. The van der Waals surface area contributed by atoms with E-state index < -0.39 is 32.3 Å². The van der Waals surface area contributed by atoms with Crippen molar-refractivity contribution in [3.63, 3.8) is 0 Å². The first-order valence-electron chi connectivity index (χ1n) is 8.12. The van der Waals surface area contributed by atoms with Crippen LogP contribution in [0.4, 0.5) is 11.4 Å². The molecule has 1 N–H and O–H groups in total. The molecule has 0 unspecified atom stereocenters. The van der Waals surface area contributed by atoms with Crippen molar-refractivity contribution in [2.75, 3.05) is 25.3 Å². The van der Waals surface area contributed by atoms with Crippen LogP contribution in [0, 0.1) is 17.0 Å². The Bertz CT molecular complexity index is 1080. The summed E-state index contributed by atoms with van der Waals surface area (Å²) in [6.07, 6.45) is 0.894. The number of benzene rings is 2. The van der Waals surface area contributed by atoms with Crippen molar-refractivity contribution in [1.29, 1.82) is 0 Å². The normalized spacial score (nSPS) is 10.9. The van der Waals surface area contributed by atoms with Crippen molar-refractivity contribution in [2.24, 2.45) is 0 Å². The van der Waals surface area contributed by atoms with Gasteiger partial charge in [-0.2, -0.15) is 0 Å². The lowest BCUT2D eigenvalue weighted by atomic mass is 10.1. The number of non-ortho nitro benzene ring substituents is 1. The molecule has 154 valence electrons. The summed E-state index contributed by atoms with van der Waals surface area (Å²) in [5.74, 6) is -0.891. The molecule has 11 heteroatoms. The van der Waals surface area contributed by atoms with Crippen LogP contribution >= 0.6 is 0 Å². The summed E-state index contributed by atoms with van der Waals surface area (Å²) in [5, 5.41) is 13.6. The zero-order valence-corrected chi connectivity index (χ0v) is 16.6. The van der Waals surface area contributed by atoms with Gasteiger partial charge in [0.05, 0.1) is 16.9 Å². The van der Waals surface area contributed by atoms with Crippen LogP contribution in [0.2, 0.25) is 0 Å². The van der Waals surface area contributed by atoms with E-state index in [1.165, 1.54) is 19.2 Å². The van der Waals surface area contributed by atoms with E-state index in [1.54, 1.807) is 13.0 Å². The molecule has 0 atom stereocenters. The molecule has 29 heavy (non-hydrogen) atoms. The van der Waals surface area contributed by atoms with Crippen LogP contribution in [0.1, 0.15) is 15.9 Å². The first-order chi connectivity index (χ1) is 13.5. The predicted octanol–water partition coefficient (Wildman–Crippen LogP) is 2.11. The standard InChI is InChI=1S/C18H18N2O8S/c1-11-6-14(28-10-17(21)27-2)4-5-16(11)19-18(22)12-7-13(20(23)24)9-15(8-12)29(3,25)26/h4-9H,10H2,1-3H3,(H,19,22). The number of aryl methyl sites for hydroxylation is 1. The number of rotatable bonds is 7. The molecule has 0 bridgehead atoms. The molecular weight excluding hydrogens is 404 g/mol. The Labute approximate surface area is 166 Å². The molecule has 0 aliphatic rings. The number of nitro benzene ring substituents is 1.